The van der Waals surface area contributed by atoms with Gasteiger partial charge >= 0.3 is 6.18 Å². The molecule has 0 saturated heterocycles. The molecule has 2 atom stereocenters. The third-order valence-electron chi connectivity index (χ3n) is 3.84. The van der Waals surface area contributed by atoms with Gasteiger partial charge in [0, 0.05) is 4.47 Å². The van der Waals surface area contributed by atoms with Gasteiger partial charge in [0.05, 0.1) is 12.1 Å². The molecule has 2 unspecified atom stereocenters. The Hall–Kier alpha value is -2.37. The molecule has 1 amide bonds. The number of hydrogen-bond donors (Lipinski definition) is 2. The van der Waals surface area contributed by atoms with Crippen molar-refractivity contribution in [1.29, 1.82) is 5.26 Å². The van der Waals surface area contributed by atoms with E-state index >= 15 is 0 Å². The molecule has 0 spiro atoms. The van der Waals surface area contributed by atoms with E-state index in [-0.39, 0.29) is 18.5 Å². The molecular formula is C19H17BrF3N3O. The molecule has 0 aliphatic carbocycles. The zero-order chi connectivity index (χ0) is 19.9. The number of carbonyl (C=O) groups is 1. The standard InChI is InChI=1S/C19H17BrF3N3O/c20-15-8-6-14(7-9-15)17(19(21,22)23)26-16(18(27)25-11-10-24)12-13-4-2-1-3-5-13/h1-9,16-17,26H,11-12H2,(H,25,27). The molecule has 2 N–H and O–H groups in total. The van der Waals surface area contributed by atoms with Crippen molar-refractivity contribution >= 4 is 21.8 Å². The van der Waals surface area contributed by atoms with Crippen LogP contribution >= 0.6 is 15.9 Å². The molecule has 2 rings (SSSR count). The van der Waals surface area contributed by atoms with Crippen molar-refractivity contribution in [3.8, 4) is 6.07 Å². The van der Waals surface area contributed by atoms with Gasteiger partial charge < -0.3 is 5.32 Å². The molecule has 4 nitrogen and oxygen atoms in total. The Bertz CT molecular complexity index is 789. The van der Waals surface area contributed by atoms with Crippen LogP contribution in [0.4, 0.5) is 13.2 Å². The highest BCUT2D eigenvalue weighted by molar-refractivity contribution is 9.10. The average molecular weight is 440 g/mol. The summed E-state index contributed by atoms with van der Waals surface area (Å²) in [5, 5.41) is 13.4. The molecule has 8 heteroatoms. The van der Waals surface area contributed by atoms with E-state index in [0.717, 1.165) is 0 Å². The van der Waals surface area contributed by atoms with Crippen LogP contribution in [0.5, 0.6) is 0 Å². The maximum absolute atomic E-state index is 13.7. The number of nitrogens with zero attached hydrogens (tertiary/aromatic N) is 1. The van der Waals surface area contributed by atoms with E-state index in [2.05, 4.69) is 26.6 Å². The van der Waals surface area contributed by atoms with Gasteiger partial charge in [-0.3, -0.25) is 10.1 Å². The second-order valence-electron chi connectivity index (χ2n) is 5.81. The number of hydrogen-bond acceptors (Lipinski definition) is 3. The lowest BCUT2D eigenvalue weighted by Crippen LogP contribution is -2.50. The van der Waals surface area contributed by atoms with Crippen molar-refractivity contribution < 1.29 is 18.0 Å². The fourth-order valence-electron chi connectivity index (χ4n) is 2.56. The van der Waals surface area contributed by atoms with E-state index in [9.17, 15) is 18.0 Å². The minimum atomic E-state index is -4.60. The van der Waals surface area contributed by atoms with Crippen molar-refractivity contribution in [2.24, 2.45) is 0 Å². The molecule has 0 aliphatic rings. The maximum Gasteiger partial charge on any atom is 0.407 e. The highest BCUT2D eigenvalue weighted by atomic mass is 79.9. The fourth-order valence-corrected chi connectivity index (χ4v) is 2.83. The van der Waals surface area contributed by atoms with E-state index in [1.165, 1.54) is 24.3 Å². The Morgan fingerprint density at radius 3 is 2.30 bits per heavy atom. The van der Waals surface area contributed by atoms with Gasteiger partial charge in [-0.25, -0.2) is 0 Å². The quantitative estimate of drug-likeness (QED) is 0.643. The molecule has 27 heavy (non-hydrogen) atoms. The molecule has 0 saturated carbocycles. The van der Waals surface area contributed by atoms with Crippen LogP contribution in [0.15, 0.2) is 59.1 Å². The number of nitriles is 1. The Morgan fingerprint density at radius 1 is 1.11 bits per heavy atom. The summed E-state index contributed by atoms with van der Waals surface area (Å²) >= 11 is 3.20. The fraction of sp³-hybridized carbons (Fsp3) is 0.263. The molecule has 0 bridgehead atoms. The number of halogens is 4. The van der Waals surface area contributed by atoms with E-state index in [0.29, 0.717) is 10.0 Å². The Labute approximate surface area is 163 Å². The maximum atomic E-state index is 13.7. The largest absolute Gasteiger partial charge is 0.407 e. The third-order valence-corrected chi connectivity index (χ3v) is 4.37. The van der Waals surface area contributed by atoms with Crippen LogP contribution in [0, 0.1) is 11.3 Å². The smallest absolute Gasteiger partial charge is 0.342 e. The van der Waals surface area contributed by atoms with Crippen LogP contribution in [0.3, 0.4) is 0 Å². The van der Waals surface area contributed by atoms with Crippen molar-refractivity contribution in [3.63, 3.8) is 0 Å². The Balaban J connectivity index is 2.29. The van der Waals surface area contributed by atoms with Crippen LogP contribution in [0.25, 0.3) is 0 Å². The minimum Gasteiger partial charge on any atom is -0.342 e. The molecular weight excluding hydrogens is 423 g/mol. The molecule has 0 aliphatic heterocycles. The number of nitrogens with one attached hydrogen (secondary N) is 2. The lowest BCUT2D eigenvalue weighted by atomic mass is 10.0. The lowest BCUT2D eigenvalue weighted by molar-refractivity contribution is -0.160. The van der Waals surface area contributed by atoms with Crippen LogP contribution in [-0.2, 0) is 11.2 Å². The first kappa shape index (κ1) is 20.9. The summed E-state index contributed by atoms with van der Waals surface area (Å²) in [7, 11) is 0. The molecule has 2 aromatic carbocycles. The summed E-state index contributed by atoms with van der Waals surface area (Å²) in [5.74, 6) is -0.660. The topological polar surface area (TPSA) is 64.9 Å². The van der Waals surface area contributed by atoms with Crippen molar-refractivity contribution in [2.45, 2.75) is 24.7 Å². The number of alkyl halides is 3. The highest BCUT2D eigenvalue weighted by Crippen LogP contribution is 2.33. The second-order valence-corrected chi connectivity index (χ2v) is 6.73. The second kappa shape index (κ2) is 9.53. The summed E-state index contributed by atoms with van der Waals surface area (Å²) in [4.78, 5) is 12.4. The van der Waals surface area contributed by atoms with Gasteiger partial charge in [0.15, 0.2) is 0 Å². The van der Waals surface area contributed by atoms with Crippen LogP contribution < -0.4 is 10.6 Å². The predicted molar refractivity (Wildman–Crippen MR) is 98.6 cm³/mol. The van der Waals surface area contributed by atoms with Gasteiger partial charge in [-0.05, 0) is 29.7 Å². The SMILES string of the molecule is N#CCNC(=O)C(Cc1ccccc1)NC(c1ccc(Br)cc1)C(F)(F)F. The lowest BCUT2D eigenvalue weighted by Gasteiger charge is -2.27. The average Bonchev–Trinajstić information content (AvgIpc) is 2.64. The first-order valence-corrected chi connectivity index (χ1v) is 8.87. The zero-order valence-corrected chi connectivity index (χ0v) is 15.7. The van der Waals surface area contributed by atoms with Crippen molar-refractivity contribution in [3.05, 3.63) is 70.2 Å². The summed E-state index contributed by atoms with van der Waals surface area (Å²) in [6.07, 6.45) is -4.54. The molecule has 0 fully saturated rings. The monoisotopic (exact) mass is 439 g/mol. The number of benzene rings is 2. The van der Waals surface area contributed by atoms with Gasteiger partial charge in [0.1, 0.15) is 12.6 Å². The van der Waals surface area contributed by atoms with Crippen molar-refractivity contribution in [2.75, 3.05) is 6.54 Å². The molecule has 142 valence electrons. The van der Waals surface area contributed by atoms with E-state index in [1.807, 2.05) is 0 Å². The highest BCUT2D eigenvalue weighted by Gasteiger charge is 2.42. The molecule has 2 aromatic rings. The van der Waals surface area contributed by atoms with E-state index in [1.54, 1.807) is 36.4 Å². The summed E-state index contributed by atoms with van der Waals surface area (Å²) in [6.45, 7) is -0.277. The predicted octanol–water partition coefficient (Wildman–Crippen LogP) is 3.89. The third kappa shape index (κ3) is 6.38. The molecule has 0 heterocycles. The Kier molecular flexibility index (Phi) is 7.39. The summed E-state index contributed by atoms with van der Waals surface area (Å²) in [5.41, 5.74) is 0.704. The van der Waals surface area contributed by atoms with E-state index < -0.39 is 24.2 Å². The summed E-state index contributed by atoms with van der Waals surface area (Å²) in [6, 6.07) is 13.0. The van der Waals surface area contributed by atoms with Gasteiger partial charge in [-0.15, -0.1) is 0 Å². The number of rotatable bonds is 7. The van der Waals surface area contributed by atoms with Gasteiger partial charge in [0.25, 0.3) is 0 Å². The number of carbonyl (C=O) groups excluding carboxylic acids is 1. The molecule has 0 aromatic heterocycles. The molecule has 0 radical (unpaired) electrons. The Morgan fingerprint density at radius 2 is 1.74 bits per heavy atom. The zero-order valence-electron chi connectivity index (χ0n) is 14.1. The van der Waals surface area contributed by atoms with Gasteiger partial charge in [0.2, 0.25) is 5.91 Å². The normalized spacial score (nSPS) is 13.4. The van der Waals surface area contributed by atoms with Gasteiger partial charge in [-0.1, -0.05) is 58.4 Å². The van der Waals surface area contributed by atoms with Crippen LogP contribution in [-0.4, -0.2) is 24.7 Å². The van der Waals surface area contributed by atoms with Crippen LogP contribution in [0.2, 0.25) is 0 Å². The van der Waals surface area contributed by atoms with Crippen LogP contribution in [0.1, 0.15) is 17.2 Å². The van der Waals surface area contributed by atoms with Gasteiger partial charge in [-0.2, -0.15) is 18.4 Å². The summed E-state index contributed by atoms with van der Waals surface area (Å²) < 4.78 is 41.6. The first-order valence-electron chi connectivity index (χ1n) is 8.08. The number of amides is 1. The van der Waals surface area contributed by atoms with E-state index in [4.69, 9.17) is 5.26 Å². The minimum absolute atomic E-state index is 0.00292. The van der Waals surface area contributed by atoms with Crippen molar-refractivity contribution in [1.82, 2.24) is 10.6 Å². The first-order chi connectivity index (χ1) is 12.8.